The Bertz CT molecular complexity index is 1140. The molecule has 1 saturated heterocycles. The number of nitrogens with zero attached hydrogens (tertiary/aromatic N) is 3. The molecule has 8 heteroatoms. The number of rotatable bonds is 4. The van der Waals surface area contributed by atoms with Crippen molar-refractivity contribution < 1.29 is 13.2 Å². The number of carbonyl (C=O) groups excluding carboxylic acids is 1. The summed E-state index contributed by atoms with van der Waals surface area (Å²) in [4.78, 5) is 14.8. The number of aryl methyl sites for hydroxylation is 1. The van der Waals surface area contributed by atoms with Crippen molar-refractivity contribution in [3.63, 3.8) is 0 Å². The first-order valence-corrected chi connectivity index (χ1v) is 11.2. The molecule has 0 radical (unpaired) electrons. The fourth-order valence-corrected chi connectivity index (χ4v) is 5.38. The summed E-state index contributed by atoms with van der Waals surface area (Å²) in [5.41, 5.74) is 2.07. The second-order valence-corrected chi connectivity index (χ2v) is 9.73. The van der Waals surface area contributed by atoms with Crippen LogP contribution in [0.3, 0.4) is 0 Å². The maximum absolute atomic E-state index is 13.0. The van der Waals surface area contributed by atoms with E-state index >= 15 is 0 Å². The second kappa shape index (κ2) is 7.65. The van der Waals surface area contributed by atoms with Gasteiger partial charge in [0.05, 0.1) is 15.8 Å². The summed E-state index contributed by atoms with van der Waals surface area (Å²) < 4.78 is 27.4. The van der Waals surface area contributed by atoms with E-state index in [0.29, 0.717) is 29.4 Å². The lowest BCUT2D eigenvalue weighted by Gasteiger charge is -2.16. The van der Waals surface area contributed by atoms with Crippen molar-refractivity contribution in [1.82, 2.24) is 14.7 Å². The molecule has 1 fully saturated rings. The van der Waals surface area contributed by atoms with Crippen molar-refractivity contribution in [2.24, 2.45) is 7.05 Å². The summed E-state index contributed by atoms with van der Waals surface area (Å²) in [5, 5.41) is 4.29. The quantitative estimate of drug-likeness (QED) is 0.637. The van der Waals surface area contributed by atoms with Crippen molar-refractivity contribution in [2.45, 2.75) is 16.6 Å². The minimum atomic E-state index is -3.53. The molecule has 6 nitrogen and oxygen atoms in total. The highest BCUT2D eigenvalue weighted by molar-refractivity contribution is 7.92. The van der Waals surface area contributed by atoms with Gasteiger partial charge in [0, 0.05) is 30.7 Å². The van der Waals surface area contributed by atoms with E-state index in [0.717, 1.165) is 5.56 Å². The van der Waals surface area contributed by atoms with Crippen LogP contribution in [0.4, 0.5) is 0 Å². The lowest BCUT2D eigenvalue weighted by atomic mass is 10.1. The lowest BCUT2D eigenvalue weighted by molar-refractivity contribution is 0.0782. The Kier molecular flexibility index (Phi) is 5.19. The van der Waals surface area contributed by atoms with E-state index in [2.05, 4.69) is 5.10 Å². The second-order valence-electron chi connectivity index (χ2n) is 7.07. The van der Waals surface area contributed by atoms with Crippen LogP contribution in [0.2, 0.25) is 5.02 Å². The first kappa shape index (κ1) is 19.7. The van der Waals surface area contributed by atoms with E-state index in [4.69, 9.17) is 11.6 Å². The lowest BCUT2D eigenvalue weighted by Crippen LogP contribution is -2.33. The molecule has 0 aliphatic carbocycles. The zero-order chi connectivity index (χ0) is 20.6. The highest BCUT2D eigenvalue weighted by Gasteiger charge is 2.37. The molecular formula is C21H20ClN3O3S. The number of hydrogen-bond donors (Lipinski definition) is 0. The van der Waals surface area contributed by atoms with Crippen LogP contribution in [0.1, 0.15) is 16.9 Å². The van der Waals surface area contributed by atoms with Crippen molar-refractivity contribution in [2.75, 3.05) is 13.1 Å². The Morgan fingerprint density at radius 1 is 1.10 bits per heavy atom. The van der Waals surface area contributed by atoms with Crippen molar-refractivity contribution in [3.8, 4) is 11.3 Å². The summed E-state index contributed by atoms with van der Waals surface area (Å²) in [6, 6.07) is 17.5. The van der Waals surface area contributed by atoms with Crippen LogP contribution in [-0.4, -0.2) is 47.3 Å². The van der Waals surface area contributed by atoms with Crippen molar-refractivity contribution in [3.05, 3.63) is 71.4 Å². The van der Waals surface area contributed by atoms with Crippen LogP contribution in [-0.2, 0) is 16.9 Å². The number of amides is 1. The van der Waals surface area contributed by atoms with E-state index in [1.165, 1.54) is 12.1 Å². The van der Waals surface area contributed by atoms with Gasteiger partial charge in [0.2, 0.25) is 0 Å². The predicted octanol–water partition coefficient (Wildman–Crippen LogP) is 3.43. The van der Waals surface area contributed by atoms with Crippen LogP contribution in [0, 0.1) is 0 Å². The summed E-state index contributed by atoms with van der Waals surface area (Å²) in [5.74, 6) is -0.212. The van der Waals surface area contributed by atoms with Gasteiger partial charge < -0.3 is 4.90 Å². The molecule has 1 atom stereocenters. The zero-order valence-corrected chi connectivity index (χ0v) is 17.4. The average molecular weight is 430 g/mol. The van der Waals surface area contributed by atoms with Gasteiger partial charge in [-0.15, -0.1) is 0 Å². The Morgan fingerprint density at radius 2 is 1.79 bits per heavy atom. The number of hydrogen-bond acceptors (Lipinski definition) is 4. The molecule has 4 rings (SSSR count). The van der Waals surface area contributed by atoms with E-state index in [1.54, 1.807) is 34.8 Å². The van der Waals surface area contributed by atoms with Gasteiger partial charge in [0.15, 0.2) is 9.84 Å². The number of likely N-dealkylation sites (tertiary alicyclic amines) is 1. The molecule has 1 aliphatic rings. The summed E-state index contributed by atoms with van der Waals surface area (Å²) in [6.07, 6.45) is 0.403. The van der Waals surface area contributed by atoms with E-state index < -0.39 is 15.1 Å². The number of carbonyl (C=O) groups is 1. The normalized spacial score (nSPS) is 16.9. The highest BCUT2D eigenvalue weighted by atomic mass is 35.5. The number of sulfone groups is 1. The molecular weight excluding hydrogens is 410 g/mol. The third-order valence-corrected chi connectivity index (χ3v) is 7.63. The molecule has 1 unspecified atom stereocenters. The standard InChI is InChI=1S/C21H20ClN3O3S/c1-24-20(13-19(23-24)15-5-3-2-4-6-15)21(26)25-12-11-18(14-25)29(27,28)17-9-7-16(22)8-10-17/h2-10,13,18H,11-12,14H2,1H3. The van der Waals surface area contributed by atoms with Crippen molar-refractivity contribution >= 4 is 27.3 Å². The summed E-state index contributed by atoms with van der Waals surface area (Å²) in [7, 11) is -1.81. The zero-order valence-electron chi connectivity index (χ0n) is 15.8. The molecule has 150 valence electrons. The molecule has 2 aromatic carbocycles. The van der Waals surface area contributed by atoms with Gasteiger partial charge in [-0.1, -0.05) is 41.9 Å². The van der Waals surface area contributed by atoms with Crippen LogP contribution < -0.4 is 0 Å². The predicted molar refractivity (Wildman–Crippen MR) is 112 cm³/mol. The van der Waals surface area contributed by atoms with Gasteiger partial charge in [-0.3, -0.25) is 9.48 Å². The van der Waals surface area contributed by atoms with Crippen LogP contribution >= 0.6 is 11.6 Å². The van der Waals surface area contributed by atoms with E-state index in [1.807, 2.05) is 30.3 Å². The molecule has 1 aromatic heterocycles. The molecule has 29 heavy (non-hydrogen) atoms. The topological polar surface area (TPSA) is 72.3 Å². The Hall–Kier alpha value is -2.64. The summed E-state index contributed by atoms with van der Waals surface area (Å²) in [6.45, 7) is 0.553. The van der Waals surface area contributed by atoms with Crippen molar-refractivity contribution in [1.29, 1.82) is 0 Å². The van der Waals surface area contributed by atoms with Gasteiger partial charge in [0.25, 0.3) is 5.91 Å². The van der Waals surface area contributed by atoms with Crippen LogP contribution in [0.5, 0.6) is 0 Å². The third-order valence-electron chi connectivity index (χ3n) is 5.18. The Labute approximate surface area is 174 Å². The minimum absolute atomic E-state index is 0.162. The van der Waals surface area contributed by atoms with Gasteiger partial charge >= 0.3 is 0 Å². The molecule has 0 bridgehead atoms. The smallest absolute Gasteiger partial charge is 0.272 e. The van der Waals surface area contributed by atoms with Crippen LogP contribution in [0.15, 0.2) is 65.6 Å². The van der Waals surface area contributed by atoms with E-state index in [9.17, 15) is 13.2 Å². The third kappa shape index (κ3) is 3.80. The number of aromatic nitrogens is 2. The molecule has 0 saturated carbocycles. The SMILES string of the molecule is Cn1nc(-c2ccccc2)cc1C(=O)N1CCC(S(=O)(=O)c2ccc(Cl)cc2)C1. The Morgan fingerprint density at radius 3 is 2.48 bits per heavy atom. The highest BCUT2D eigenvalue weighted by Crippen LogP contribution is 2.27. The maximum atomic E-state index is 13.0. The molecule has 1 amide bonds. The monoisotopic (exact) mass is 429 g/mol. The molecule has 1 aliphatic heterocycles. The molecule has 3 aromatic rings. The fraction of sp³-hybridized carbons (Fsp3) is 0.238. The van der Waals surface area contributed by atoms with E-state index in [-0.39, 0.29) is 17.3 Å². The van der Waals surface area contributed by atoms with Gasteiger partial charge in [-0.25, -0.2) is 8.42 Å². The number of benzene rings is 2. The molecule has 0 N–H and O–H groups in total. The number of halogens is 1. The summed E-state index contributed by atoms with van der Waals surface area (Å²) >= 11 is 5.86. The van der Waals surface area contributed by atoms with Gasteiger partial charge in [0.1, 0.15) is 5.69 Å². The first-order valence-electron chi connectivity index (χ1n) is 9.24. The fourth-order valence-electron chi connectivity index (χ4n) is 3.56. The van der Waals surface area contributed by atoms with Gasteiger partial charge in [-0.2, -0.15) is 5.10 Å². The minimum Gasteiger partial charge on any atom is -0.336 e. The van der Waals surface area contributed by atoms with Crippen LogP contribution in [0.25, 0.3) is 11.3 Å². The molecule has 0 spiro atoms. The average Bonchev–Trinajstić information content (AvgIpc) is 3.36. The first-order chi connectivity index (χ1) is 13.9. The van der Waals surface area contributed by atoms with Gasteiger partial charge in [-0.05, 0) is 36.8 Å². The molecule has 2 heterocycles. The largest absolute Gasteiger partial charge is 0.336 e. The maximum Gasteiger partial charge on any atom is 0.272 e. The Balaban J connectivity index is 1.53.